The van der Waals surface area contributed by atoms with Gasteiger partial charge in [-0.1, -0.05) is 0 Å². The van der Waals surface area contributed by atoms with Gasteiger partial charge in [0.25, 0.3) is 0 Å². The number of rotatable bonds is 5. The van der Waals surface area contributed by atoms with Crippen molar-refractivity contribution in [3.05, 3.63) is 5.69 Å². The van der Waals surface area contributed by atoms with E-state index in [9.17, 15) is 8.42 Å². The summed E-state index contributed by atoms with van der Waals surface area (Å²) in [7, 11) is -2.12. The molecule has 104 valence electrons. The standard InChI is InChI=1S/C10H20N4O3S/c1-7-8(9(11)12-14(7)4)18(16,17)13-10(2,3)5-6-15/h13,15H,5-6H2,1-4H3,(H2,11,12). The van der Waals surface area contributed by atoms with Gasteiger partial charge < -0.3 is 10.8 Å². The van der Waals surface area contributed by atoms with Crippen molar-refractivity contribution in [2.24, 2.45) is 7.05 Å². The molecule has 0 bridgehead atoms. The van der Waals surface area contributed by atoms with Crippen LogP contribution in [0.15, 0.2) is 4.90 Å². The van der Waals surface area contributed by atoms with Crippen LogP contribution in [0.25, 0.3) is 0 Å². The molecule has 0 amide bonds. The molecule has 1 aromatic heterocycles. The molecule has 0 aliphatic heterocycles. The Bertz CT molecular complexity index is 534. The third kappa shape index (κ3) is 3.01. The summed E-state index contributed by atoms with van der Waals surface area (Å²) in [6, 6.07) is 0. The van der Waals surface area contributed by atoms with Crippen LogP contribution in [0.4, 0.5) is 5.82 Å². The van der Waals surface area contributed by atoms with Crippen molar-refractivity contribution in [3.8, 4) is 0 Å². The van der Waals surface area contributed by atoms with Crippen LogP contribution in [0.5, 0.6) is 0 Å². The fourth-order valence-corrected chi connectivity index (χ4v) is 3.46. The summed E-state index contributed by atoms with van der Waals surface area (Å²) in [4.78, 5) is -0.00369. The van der Waals surface area contributed by atoms with Crippen molar-refractivity contribution < 1.29 is 13.5 Å². The lowest BCUT2D eigenvalue weighted by Crippen LogP contribution is -2.44. The maximum absolute atomic E-state index is 12.3. The van der Waals surface area contributed by atoms with Gasteiger partial charge in [-0.3, -0.25) is 4.68 Å². The molecular formula is C10H20N4O3S. The van der Waals surface area contributed by atoms with Gasteiger partial charge in [-0.25, -0.2) is 13.1 Å². The van der Waals surface area contributed by atoms with Gasteiger partial charge in [-0.15, -0.1) is 0 Å². The Labute approximate surface area is 107 Å². The second-order valence-electron chi connectivity index (χ2n) is 4.89. The summed E-state index contributed by atoms with van der Waals surface area (Å²) in [6.07, 6.45) is 0.311. The van der Waals surface area contributed by atoms with Crippen LogP contribution in [-0.4, -0.2) is 35.5 Å². The Morgan fingerprint density at radius 1 is 1.50 bits per heavy atom. The van der Waals surface area contributed by atoms with Gasteiger partial charge >= 0.3 is 0 Å². The van der Waals surface area contributed by atoms with Crippen molar-refractivity contribution in [1.82, 2.24) is 14.5 Å². The quantitative estimate of drug-likeness (QED) is 0.687. The molecule has 8 heteroatoms. The molecule has 0 fully saturated rings. The van der Waals surface area contributed by atoms with E-state index in [0.29, 0.717) is 12.1 Å². The van der Waals surface area contributed by atoms with Gasteiger partial charge in [0, 0.05) is 19.2 Å². The largest absolute Gasteiger partial charge is 0.396 e. The normalized spacial score (nSPS) is 12.9. The van der Waals surface area contributed by atoms with E-state index < -0.39 is 15.6 Å². The van der Waals surface area contributed by atoms with Gasteiger partial charge in [0.2, 0.25) is 10.0 Å². The molecular weight excluding hydrogens is 256 g/mol. The topological polar surface area (TPSA) is 110 Å². The molecule has 0 unspecified atom stereocenters. The van der Waals surface area contributed by atoms with Gasteiger partial charge in [-0.2, -0.15) is 5.10 Å². The number of nitrogens with zero attached hydrogens (tertiary/aromatic N) is 2. The minimum atomic E-state index is -3.75. The highest BCUT2D eigenvalue weighted by molar-refractivity contribution is 7.89. The zero-order valence-electron chi connectivity index (χ0n) is 11.1. The zero-order chi connectivity index (χ0) is 14.1. The number of nitrogens with one attached hydrogen (secondary N) is 1. The van der Waals surface area contributed by atoms with E-state index in [0.717, 1.165) is 0 Å². The Morgan fingerprint density at radius 2 is 2.06 bits per heavy atom. The molecule has 1 rings (SSSR count). The number of aliphatic hydroxyl groups excluding tert-OH is 1. The number of nitrogens with two attached hydrogens (primary N) is 1. The number of aromatic nitrogens is 2. The highest BCUT2D eigenvalue weighted by Gasteiger charge is 2.30. The summed E-state index contributed by atoms with van der Waals surface area (Å²) in [5, 5.41) is 12.8. The average molecular weight is 276 g/mol. The monoisotopic (exact) mass is 276 g/mol. The van der Waals surface area contributed by atoms with E-state index >= 15 is 0 Å². The van der Waals surface area contributed by atoms with Gasteiger partial charge in [-0.05, 0) is 27.2 Å². The number of sulfonamides is 1. The van der Waals surface area contributed by atoms with Crippen LogP contribution in [0, 0.1) is 6.92 Å². The first-order valence-corrected chi connectivity index (χ1v) is 7.03. The maximum Gasteiger partial charge on any atom is 0.246 e. The smallest absolute Gasteiger partial charge is 0.246 e. The first-order valence-electron chi connectivity index (χ1n) is 5.54. The van der Waals surface area contributed by atoms with Crippen molar-refractivity contribution in [3.63, 3.8) is 0 Å². The summed E-state index contributed by atoms with van der Waals surface area (Å²) in [5.41, 5.74) is 5.34. The van der Waals surface area contributed by atoms with E-state index in [4.69, 9.17) is 10.8 Å². The van der Waals surface area contributed by atoms with Crippen molar-refractivity contribution >= 4 is 15.8 Å². The molecule has 1 heterocycles. The molecule has 4 N–H and O–H groups in total. The van der Waals surface area contributed by atoms with Crippen molar-refractivity contribution in [2.45, 2.75) is 37.6 Å². The number of nitrogen functional groups attached to an aromatic ring is 1. The van der Waals surface area contributed by atoms with Gasteiger partial charge in [0.15, 0.2) is 5.82 Å². The van der Waals surface area contributed by atoms with Crippen LogP contribution in [0.1, 0.15) is 26.0 Å². The highest BCUT2D eigenvalue weighted by Crippen LogP contribution is 2.23. The summed E-state index contributed by atoms with van der Waals surface area (Å²) in [5.74, 6) is -0.0256. The molecule has 0 radical (unpaired) electrons. The maximum atomic E-state index is 12.3. The van der Waals surface area contributed by atoms with Crippen LogP contribution in [0.2, 0.25) is 0 Å². The fraction of sp³-hybridized carbons (Fsp3) is 0.700. The number of hydrogen-bond acceptors (Lipinski definition) is 5. The summed E-state index contributed by atoms with van der Waals surface area (Å²) < 4.78 is 28.4. The Kier molecular flexibility index (Phi) is 4.04. The minimum Gasteiger partial charge on any atom is -0.396 e. The Hall–Kier alpha value is -1.12. The third-order valence-corrected chi connectivity index (χ3v) is 4.58. The Balaban J connectivity index is 3.15. The fourth-order valence-electron chi connectivity index (χ4n) is 1.69. The SMILES string of the molecule is Cc1c(S(=O)(=O)NC(C)(C)CCO)c(N)nn1C. The van der Waals surface area contributed by atoms with Crippen molar-refractivity contribution in [2.75, 3.05) is 12.3 Å². The lowest BCUT2D eigenvalue weighted by Gasteiger charge is -2.24. The predicted molar refractivity (Wildman–Crippen MR) is 68.5 cm³/mol. The first-order chi connectivity index (χ1) is 8.10. The van der Waals surface area contributed by atoms with E-state index in [1.807, 2.05) is 0 Å². The van der Waals surface area contributed by atoms with Crippen LogP contribution in [-0.2, 0) is 17.1 Å². The second kappa shape index (κ2) is 4.87. The molecule has 7 nitrogen and oxygen atoms in total. The summed E-state index contributed by atoms with van der Waals surface area (Å²) >= 11 is 0. The van der Waals surface area contributed by atoms with Crippen LogP contribution >= 0.6 is 0 Å². The summed E-state index contributed by atoms with van der Waals surface area (Å²) in [6.45, 7) is 4.93. The molecule has 0 saturated carbocycles. The predicted octanol–water partition coefficient (Wildman–Crippen LogP) is -0.250. The number of aryl methyl sites for hydroxylation is 1. The molecule has 0 aliphatic carbocycles. The van der Waals surface area contributed by atoms with E-state index in [1.165, 1.54) is 4.68 Å². The third-order valence-electron chi connectivity index (χ3n) is 2.72. The van der Waals surface area contributed by atoms with E-state index in [-0.39, 0.29) is 17.3 Å². The molecule has 0 atom stereocenters. The van der Waals surface area contributed by atoms with E-state index in [2.05, 4.69) is 9.82 Å². The number of aliphatic hydroxyl groups is 1. The van der Waals surface area contributed by atoms with Gasteiger partial charge in [0.05, 0.1) is 5.69 Å². The highest BCUT2D eigenvalue weighted by atomic mass is 32.2. The van der Waals surface area contributed by atoms with E-state index in [1.54, 1.807) is 27.8 Å². The molecule has 0 aromatic carbocycles. The molecule has 1 aromatic rings. The van der Waals surface area contributed by atoms with Crippen LogP contribution < -0.4 is 10.5 Å². The minimum absolute atomic E-state index is 0.00369. The molecule has 0 aliphatic rings. The lowest BCUT2D eigenvalue weighted by atomic mass is 10.0. The number of hydrogen-bond donors (Lipinski definition) is 3. The average Bonchev–Trinajstić information content (AvgIpc) is 2.38. The van der Waals surface area contributed by atoms with Gasteiger partial charge in [0.1, 0.15) is 4.90 Å². The Morgan fingerprint density at radius 3 is 2.44 bits per heavy atom. The zero-order valence-corrected chi connectivity index (χ0v) is 11.9. The second-order valence-corrected chi connectivity index (χ2v) is 6.51. The molecule has 18 heavy (non-hydrogen) atoms. The molecule has 0 saturated heterocycles. The lowest BCUT2D eigenvalue weighted by molar-refractivity contribution is 0.246. The number of anilines is 1. The molecule has 0 spiro atoms. The van der Waals surface area contributed by atoms with Crippen LogP contribution in [0.3, 0.4) is 0 Å². The van der Waals surface area contributed by atoms with Crippen molar-refractivity contribution in [1.29, 1.82) is 0 Å². The first kappa shape index (κ1) is 14.9.